The molecule has 0 atom stereocenters. The summed E-state index contributed by atoms with van der Waals surface area (Å²) in [4.78, 5) is 2.36. The molecule has 1 nitrogen and oxygen atoms in total. The molecule has 250 valence electrons. The van der Waals surface area contributed by atoms with Crippen LogP contribution < -0.4 is 4.90 Å². The lowest BCUT2D eigenvalue weighted by molar-refractivity contribution is 1.28. The van der Waals surface area contributed by atoms with E-state index in [1.54, 1.807) is 0 Å². The van der Waals surface area contributed by atoms with Gasteiger partial charge in [-0.1, -0.05) is 188 Å². The summed E-state index contributed by atoms with van der Waals surface area (Å²) in [5.41, 5.74) is 15.4. The molecule has 9 rings (SSSR count). The number of benzene rings is 9. The van der Waals surface area contributed by atoms with Crippen molar-refractivity contribution in [3.05, 3.63) is 224 Å². The van der Waals surface area contributed by atoms with Crippen LogP contribution in [0, 0.1) is 0 Å². The summed E-state index contributed by atoms with van der Waals surface area (Å²) >= 11 is 0. The van der Waals surface area contributed by atoms with Gasteiger partial charge in [0.2, 0.25) is 0 Å². The molecule has 0 fully saturated rings. The van der Waals surface area contributed by atoms with Crippen LogP contribution in [0.3, 0.4) is 0 Å². The third-order valence-electron chi connectivity index (χ3n) is 10.1. The fourth-order valence-corrected chi connectivity index (χ4v) is 7.41. The summed E-state index contributed by atoms with van der Waals surface area (Å²) in [5.74, 6) is 0. The van der Waals surface area contributed by atoms with E-state index in [0.29, 0.717) is 0 Å². The van der Waals surface area contributed by atoms with Gasteiger partial charge >= 0.3 is 0 Å². The van der Waals surface area contributed by atoms with Crippen LogP contribution in [0.4, 0.5) is 17.1 Å². The summed E-state index contributed by atoms with van der Waals surface area (Å²) in [6.45, 7) is 0. The van der Waals surface area contributed by atoms with Crippen LogP contribution in [0.2, 0.25) is 0 Å². The van der Waals surface area contributed by atoms with Crippen LogP contribution in [-0.4, -0.2) is 0 Å². The Morgan fingerprint density at radius 1 is 0.245 bits per heavy atom. The Balaban J connectivity index is 1.11. The summed E-state index contributed by atoms with van der Waals surface area (Å²) in [6.07, 6.45) is 0. The molecule has 0 aromatic heterocycles. The van der Waals surface area contributed by atoms with Crippen molar-refractivity contribution in [2.75, 3.05) is 4.90 Å². The maximum Gasteiger partial charge on any atom is 0.0467 e. The van der Waals surface area contributed by atoms with Crippen LogP contribution in [0.15, 0.2) is 224 Å². The van der Waals surface area contributed by atoms with Gasteiger partial charge in [0, 0.05) is 17.1 Å². The molecule has 1 heteroatoms. The molecule has 53 heavy (non-hydrogen) atoms. The molecule has 0 saturated heterocycles. The van der Waals surface area contributed by atoms with Gasteiger partial charge in [0.15, 0.2) is 0 Å². The van der Waals surface area contributed by atoms with Gasteiger partial charge in [-0.25, -0.2) is 0 Å². The Labute approximate surface area is 311 Å². The summed E-state index contributed by atoms with van der Waals surface area (Å²) in [5, 5.41) is 2.50. The molecule has 0 aliphatic carbocycles. The summed E-state index contributed by atoms with van der Waals surface area (Å²) < 4.78 is 0. The first-order valence-electron chi connectivity index (χ1n) is 18.2. The van der Waals surface area contributed by atoms with Crippen molar-refractivity contribution < 1.29 is 0 Å². The van der Waals surface area contributed by atoms with E-state index in [1.807, 2.05) is 0 Å². The van der Waals surface area contributed by atoms with Gasteiger partial charge in [-0.15, -0.1) is 0 Å². The predicted octanol–water partition coefficient (Wildman–Crippen LogP) is 14.6. The fourth-order valence-electron chi connectivity index (χ4n) is 7.41. The van der Waals surface area contributed by atoms with Gasteiger partial charge in [0.05, 0.1) is 0 Å². The van der Waals surface area contributed by atoms with Gasteiger partial charge in [0.25, 0.3) is 0 Å². The van der Waals surface area contributed by atoms with E-state index in [-0.39, 0.29) is 0 Å². The minimum absolute atomic E-state index is 1.10. The van der Waals surface area contributed by atoms with Crippen LogP contribution in [0.5, 0.6) is 0 Å². The number of hydrogen-bond acceptors (Lipinski definition) is 1. The van der Waals surface area contributed by atoms with Crippen molar-refractivity contribution in [3.63, 3.8) is 0 Å². The minimum Gasteiger partial charge on any atom is -0.310 e. The molecule has 9 aromatic rings. The quantitative estimate of drug-likeness (QED) is 0.155. The van der Waals surface area contributed by atoms with Crippen LogP contribution >= 0.6 is 0 Å². The maximum absolute atomic E-state index is 2.36. The smallest absolute Gasteiger partial charge is 0.0467 e. The average molecular weight is 676 g/mol. The molecule has 0 aliphatic heterocycles. The van der Waals surface area contributed by atoms with Crippen molar-refractivity contribution in [1.82, 2.24) is 0 Å². The standard InChI is InChI=1S/C52H37N/c1-4-13-38(14-5-1)40-23-25-41(26-24-40)42-27-32-47(33-28-42)53(49-21-12-20-46(37-49)39-15-6-2-7-16-39)48-34-29-44(30-35-48)51-36-31-43-17-10-11-22-50(43)52(51)45-18-8-3-9-19-45/h1-37H. The molecule has 0 amide bonds. The molecule has 0 unspecified atom stereocenters. The van der Waals surface area contributed by atoms with Crippen molar-refractivity contribution in [2.24, 2.45) is 0 Å². The van der Waals surface area contributed by atoms with Crippen molar-refractivity contribution in [3.8, 4) is 55.6 Å². The largest absolute Gasteiger partial charge is 0.310 e. The number of nitrogens with zero attached hydrogens (tertiary/aromatic N) is 1. The molecule has 0 radical (unpaired) electrons. The summed E-state index contributed by atoms with van der Waals surface area (Å²) in [6, 6.07) is 80.7. The Bertz CT molecular complexity index is 2610. The first-order chi connectivity index (χ1) is 26.3. The van der Waals surface area contributed by atoms with E-state index in [1.165, 1.54) is 66.4 Å². The highest BCUT2D eigenvalue weighted by Crippen LogP contribution is 2.41. The second-order valence-electron chi connectivity index (χ2n) is 13.4. The normalized spacial score (nSPS) is 11.0. The van der Waals surface area contributed by atoms with Crippen molar-refractivity contribution in [2.45, 2.75) is 0 Å². The van der Waals surface area contributed by atoms with Gasteiger partial charge in [0.1, 0.15) is 0 Å². The highest BCUT2D eigenvalue weighted by molar-refractivity contribution is 6.04. The lowest BCUT2D eigenvalue weighted by Gasteiger charge is -2.26. The van der Waals surface area contributed by atoms with Gasteiger partial charge in [-0.3, -0.25) is 0 Å². The lowest BCUT2D eigenvalue weighted by atomic mass is 9.90. The Morgan fingerprint density at radius 2 is 0.679 bits per heavy atom. The van der Waals surface area contributed by atoms with Gasteiger partial charge in [-0.05, 0) is 103 Å². The zero-order valence-corrected chi connectivity index (χ0v) is 29.3. The SMILES string of the molecule is c1ccc(-c2ccc(-c3ccc(N(c4ccc(-c5ccc6ccccc6c5-c5ccccc5)cc4)c4cccc(-c5ccccc5)c4)cc3)cc2)cc1. The Morgan fingerprint density at radius 3 is 1.26 bits per heavy atom. The molecular formula is C52H37N. The molecule has 0 bridgehead atoms. The van der Waals surface area contributed by atoms with Crippen molar-refractivity contribution in [1.29, 1.82) is 0 Å². The third kappa shape index (κ3) is 6.53. The molecule has 0 saturated carbocycles. The lowest BCUT2D eigenvalue weighted by Crippen LogP contribution is -2.10. The summed E-state index contributed by atoms with van der Waals surface area (Å²) in [7, 11) is 0. The van der Waals surface area contributed by atoms with E-state index >= 15 is 0 Å². The zero-order valence-electron chi connectivity index (χ0n) is 29.3. The molecular weight excluding hydrogens is 639 g/mol. The topological polar surface area (TPSA) is 3.24 Å². The van der Waals surface area contributed by atoms with Gasteiger partial charge in [-0.2, -0.15) is 0 Å². The molecule has 0 spiro atoms. The van der Waals surface area contributed by atoms with E-state index in [9.17, 15) is 0 Å². The highest BCUT2D eigenvalue weighted by atomic mass is 15.1. The maximum atomic E-state index is 2.36. The molecule has 0 aliphatic rings. The first-order valence-corrected chi connectivity index (χ1v) is 18.2. The second kappa shape index (κ2) is 14.3. The Hall–Kier alpha value is -6.96. The molecule has 0 heterocycles. The van der Waals surface area contributed by atoms with Crippen LogP contribution in [0.25, 0.3) is 66.4 Å². The van der Waals surface area contributed by atoms with Gasteiger partial charge < -0.3 is 4.90 Å². The number of rotatable bonds is 8. The van der Waals surface area contributed by atoms with E-state index in [2.05, 4.69) is 229 Å². The van der Waals surface area contributed by atoms with Crippen LogP contribution in [-0.2, 0) is 0 Å². The van der Waals surface area contributed by atoms with E-state index in [0.717, 1.165) is 17.1 Å². The Kier molecular flexibility index (Phi) is 8.66. The zero-order chi connectivity index (χ0) is 35.4. The predicted molar refractivity (Wildman–Crippen MR) is 226 cm³/mol. The van der Waals surface area contributed by atoms with E-state index < -0.39 is 0 Å². The third-order valence-corrected chi connectivity index (χ3v) is 10.1. The van der Waals surface area contributed by atoms with E-state index in [4.69, 9.17) is 0 Å². The highest BCUT2D eigenvalue weighted by Gasteiger charge is 2.16. The second-order valence-corrected chi connectivity index (χ2v) is 13.4. The van der Waals surface area contributed by atoms with Crippen molar-refractivity contribution >= 4 is 27.8 Å². The number of anilines is 3. The fraction of sp³-hybridized carbons (Fsp3) is 0. The van der Waals surface area contributed by atoms with Crippen LogP contribution in [0.1, 0.15) is 0 Å². The number of fused-ring (bicyclic) bond motifs is 1. The average Bonchev–Trinajstić information content (AvgIpc) is 3.25. The molecule has 0 N–H and O–H groups in total. The first kappa shape index (κ1) is 32.0. The monoisotopic (exact) mass is 675 g/mol. The number of hydrogen-bond donors (Lipinski definition) is 0. The minimum atomic E-state index is 1.10. The molecule has 9 aromatic carbocycles.